The monoisotopic (exact) mass is 477 g/mol. The molecule has 7 nitrogen and oxygen atoms in total. The molecule has 0 aliphatic carbocycles. The van der Waals surface area contributed by atoms with Gasteiger partial charge in [0.05, 0.1) is 23.7 Å². The van der Waals surface area contributed by atoms with E-state index in [1.165, 1.54) is 12.1 Å². The van der Waals surface area contributed by atoms with E-state index in [1.54, 1.807) is 16.7 Å². The molecular formula is C26H40FN3O4. The van der Waals surface area contributed by atoms with Crippen molar-refractivity contribution in [2.24, 2.45) is 0 Å². The van der Waals surface area contributed by atoms with Gasteiger partial charge in [0.25, 0.3) is 5.56 Å². The Labute approximate surface area is 202 Å². The maximum absolute atomic E-state index is 14.6. The topological polar surface area (TPSA) is 95.8 Å². The fourth-order valence-electron chi connectivity index (χ4n) is 3.43. The molecule has 1 unspecified atom stereocenters. The van der Waals surface area contributed by atoms with Gasteiger partial charge < -0.3 is 20.1 Å². The van der Waals surface area contributed by atoms with Crippen molar-refractivity contribution in [3.63, 3.8) is 0 Å². The summed E-state index contributed by atoms with van der Waals surface area (Å²) < 4.78 is 16.3. The standard InChI is InChI=1S/C24H34FN3O4.C2H6/c1-5-8-9-20(27-32-15-17(30)14-29)24-21(13-23(31)28(7-3)22(24)6-2)26-19-11-10-16(4)12-18(19)25;1-2/h9-13,17,26-27,29-30H,5-8,14-15H2,1-4H3;1-2H3/b20-9-;. The number of nitrogens with one attached hydrogen (secondary N) is 2. The minimum absolute atomic E-state index is 0.121. The predicted molar refractivity (Wildman–Crippen MR) is 137 cm³/mol. The van der Waals surface area contributed by atoms with Gasteiger partial charge in [-0.25, -0.2) is 4.39 Å². The van der Waals surface area contributed by atoms with Gasteiger partial charge in [0.15, 0.2) is 0 Å². The Balaban J connectivity index is 0.00000281. The number of aliphatic hydroxyl groups is 2. The number of benzene rings is 1. The summed E-state index contributed by atoms with van der Waals surface area (Å²) >= 11 is 0. The van der Waals surface area contributed by atoms with E-state index in [0.717, 1.165) is 24.1 Å². The van der Waals surface area contributed by atoms with Crippen molar-refractivity contribution in [2.45, 2.75) is 73.5 Å². The van der Waals surface area contributed by atoms with Gasteiger partial charge in [0.2, 0.25) is 0 Å². The van der Waals surface area contributed by atoms with Gasteiger partial charge >= 0.3 is 0 Å². The number of pyridine rings is 1. The predicted octanol–water partition coefficient (Wildman–Crippen LogP) is 4.66. The second-order valence-corrected chi connectivity index (χ2v) is 7.58. The van der Waals surface area contributed by atoms with Gasteiger partial charge in [-0.1, -0.05) is 46.3 Å². The van der Waals surface area contributed by atoms with Crippen molar-refractivity contribution >= 4 is 17.1 Å². The molecule has 34 heavy (non-hydrogen) atoms. The molecule has 2 rings (SSSR count). The first-order valence-electron chi connectivity index (χ1n) is 12.0. The highest BCUT2D eigenvalue weighted by Crippen LogP contribution is 2.30. The number of hydrogen-bond donors (Lipinski definition) is 4. The summed E-state index contributed by atoms with van der Waals surface area (Å²) in [4.78, 5) is 18.2. The Morgan fingerprint density at radius 1 is 1.21 bits per heavy atom. The van der Waals surface area contributed by atoms with E-state index in [9.17, 15) is 14.3 Å². The molecule has 0 bridgehead atoms. The van der Waals surface area contributed by atoms with Crippen molar-refractivity contribution in [2.75, 3.05) is 18.5 Å². The number of aliphatic hydroxyl groups excluding tert-OH is 2. The van der Waals surface area contributed by atoms with E-state index in [2.05, 4.69) is 10.8 Å². The molecule has 1 aromatic carbocycles. The number of hydrogen-bond acceptors (Lipinski definition) is 6. The number of hydroxylamine groups is 1. The molecule has 0 radical (unpaired) electrons. The number of halogens is 1. The van der Waals surface area contributed by atoms with Crippen molar-refractivity contribution < 1.29 is 19.4 Å². The Hall–Kier alpha value is -2.68. The number of unbranched alkanes of at least 4 members (excludes halogenated alkanes) is 1. The molecule has 0 spiro atoms. The highest BCUT2D eigenvalue weighted by molar-refractivity contribution is 5.79. The summed E-state index contributed by atoms with van der Waals surface area (Å²) in [7, 11) is 0. The molecule has 0 aliphatic rings. The van der Waals surface area contributed by atoms with E-state index >= 15 is 0 Å². The highest BCUT2D eigenvalue weighted by Gasteiger charge is 2.19. The Bertz CT molecular complexity index is 989. The molecule has 190 valence electrons. The number of aryl methyl sites for hydroxylation is 1. The summed E-state index contributed by atoms with van der Waals surface area (Å²) in [5.41, 5.74) is 6.28. The van der Waals surface area contributed by atoms with E-state index in [1.807, 2.05) is 47.6 Å². The van der Waals surface area contributed by atoms with Gasteiger partial charge in [-0.05, 0) is 44.4 Å². The van der Waals surface area contributed by atoms with Crippen LogP contribution in [0, 0.1) is 12.7 Å². The van der Waals surface area contributed by atoms with E-state index in [-0.39, 0.29) is 17.9 Å². The van der Waals surface area contributed by atoms with E-state index < -0.39 is 18.5 Å². The molecule has 0 aliphatic heterocycles. The molecule has 1 atom stereocenters. The van der Waals surface area contributed by atoms with Gasteiger partial charge in [-0.2, -0.15) is 0 Å². The third-order valence-electron chi connectivity index (χ3n) is 5.04. The first-order chi connectivity index (χ1) is 16.4. The van der Waals surface area contributed by atoms with Gasteiger partial charge in [-0.15, -0.1) is 0 Å². The molecule has 2 aromatic rings. The highest BCUT2D eigenvalue weighted by atomic mass is 19.1. The number of rotatable bonds is 12. The molecule has 8 heteroatoms. The normalized spacial score (nSPS) is 12.1. The van der Waals surface area contributed by atoms with Crippen LogP contribution in [0.5, 0.6) is 0 Å². The zero-order valence-electron chi connectivity index (χ0n) is 21.2. The maximum atomic E-state index is 14.6. The zero-order chi connectivity index (χ0) is 25.7. The second kappa shape index (κ2) is 15.3. The molecule has 4 N–H and O–H groups in total. The van der Waals surface area contributed by atoms with Crippen LogP contribution in [0.1, 0.15) is 64.3 Å². The van der Waals surface area contributed by atoms with Crippen molar-refractivity contribution in [1.29, 1.82) is 0 Å². The van der Waals surface area contributed by atoms with Crippen molar-refractivity contribution in [1.82, 2.24) is 10.0 Å². The smallest absolute Gasteiger partial charge is 0.252 e. The van der Waals surface area contributed by atoms with Crippen LogP contribution in [0.3, 0.4) is 0 Å². The molecule has 0 amide bonds. The third kappa shape index (κ3) is 7.97. The van der Waals surface area contributed by atoms with E-state index in [4.69, 9.17) is 9.94 Å². The summed E-state index contributed by atoms with van der Waals surface area (Å²) in [6, 6.07) is 6.33. The lowest BCUT2D eigenvalue weighted by molar-refractivity contribution is -0.0190. The number of nitrogens with zero attached hydrogens (tertiary/aromatic N) is 1. The quantitative estimate of drug-likeness (QED) is 0.332. The zero-order valence-corrected chi connectivity index (χ0v) is 21.2. The summed E-state index contributed by atoms with van der Waals surface area (Å²) in [5, 5.41) is 21.7. The maximum Gasteiger partial charge on any atom is 0.252 e. The molecule has 0 fully saturated rings. The fraction of sp³-hybridized carbons (Fsp3) is 0.500. The first-order valence-corrected chi connectivity index (χ1v) is 12.0. The van der Waals surface area contributed by atoms with Crippen molar-refractivity contribution in [3.05, 3.63) is 63.3 Å². The van der Waals surface area contributed by atoms with Gasteiger partial charge in [0, 0.05) is 23.9 Å². The van der Waals surface area contributed by atoms with Crippen LogP contribution in [0.2, 0.25) is 0 Å². The number of allylic oxidation sites excluding steroid dienone is 1. The summed E-state index contributed by atoms with van der Waals surface area (Å²) in [6.07, 6.45) is 3.11. The average Bonchev–Trinajstić information content (AvgIpc) is 2.83. The Morgan fingerprint density at radius 3 is 2.47 bits per heavy atom. The molecule has 0 saturated carbocycles. The van der Waals surface area contributed by atoms with Gasteiger partial charge in [-0.3, -0.25) is 15.1 Å². The van der Waals surface area contributed by atoms with Crippen LogP contribution in [-0.4, -0.2) is 34.1 Å². The minimum atomic E-state index is -1.02. The lowest BCUT2D eigenvalue weighted by Gasteiger charge is -2.23. The van der Waals surface area contributed by atoms with Crippen LogP contribution >= 0.6 is 0 Å². The Morgan fingerprint density at radius 2 is 1.91 bits per heavy atom. The van der Waals surface area contributed by atoms with Crippen molar-refractivity contribution in [3.8, 4) is 0 Å². The number of anilines is 2. The van der Waals surface area contributed by atoms with Crippen LogP contribution in [-0.2, 0) is 17.8 Å². The Kier molecular flexibility index (Phi) is 13.2. The first kappa shape index (κ1) is 29.4. The lowest BCUT2D eigenvalue weighted by Crippen LogP contribution is -2.28. The molecule has 1 aromatic heterocycles. The fourth-order valence-corrected chi connectivity index (χ4v) is 3.43. The van der Waals surface area contributed by atoms with Crippen LogP contribution in [0.15, 0.2) is 35.1 Å². The number of aromatic nitrogens is 1. The van der Waals surface area contributed by atoms with Crippen LogP contribution < -0.4 is 16.4 Å². The summed E-state index contributed by atoms with van der Waals surface area (Å²) in [6.45, 7) is 11.6. The third-order valence-corrected chi connectivity index (χ3v) is 5.04. The molecule has 0 saturated heterocycles. The molecular weight excluding hydrogens is 437 g/mol. The molecule has 1 heterocycles. The van der Waals surface area contributed by atoms with E-state index in [0.29, 0.717) is 29.9 Å². The largest absolute Gasteiger partial charge is 0.394 e. The summed E-state index contributed by atoms with van der Waals surface area (Å²) in [5.74, 6) is -0.414. The SMILES string of the molecule is CC.CCC/C=C(\NOCC(O)CO)c1c(Nc2ccc(C)cc2F)cc(=O)n(CC)c1CC. The average molecular weight is 478 g/mol. The van der Waals surface area contributed by atoms with Crippen LogP contribution in [0.25, 0.3) is 5.70 Å². The van der Waals surface area contributed by atoms with Crippen LogP contribution in [0.4, 0.5) is 15.8 Å². The second-order valence-electron chi connectivity index (χ2n) is 7.58. The van der Waals surface area contributed by atoms with Gasteiger partial charge in [0.1, 0.15) is 18.5 Å². The lowest BCUT2D eigenvalue weighted by atomic mass is 10.0. The minimum Gasteiger partial charge on any atom is -0.394 e.